The Morgan fingerprint density at radius 2 is 1.93 bits per heavy atom. The lowest BCUT2D eigenvalue weighted by atomic mass is 10.0. The zero-order valence-corrected chi connectivity index (χ0v) is 16.7. The Bertz CT molecular complexity index is 943. The molecule has 6 heteroatoms. The van der Waals surface area contributed by atoms with Crippen molar-refractivity contribution >= 4 is 11.6 Å². The van der Waals surface area contributed by atoms with Crippen molar-refractivity contribution in [2.24, 2.45) is 0 Å². The molecular formula is C21H27N5O. The van der Waals surface area contributed by atoms with Gasteiger partial charge >= 0.3 is 0 Å². The van der Waals surface area contributed by atoms with Crippen molar-refractivity contribution in [3.63, 3.8) is 0 Å². The maximum Gasteiger partial charge on any atom is 0.256 e. The van der Waals surface area contributed by atoms with Crippen molar-refractivity contribution in [1.82, 2.24) is 24.8 Å². The van der Waals surface area contributed by atoms with Crippen molar-refractivity contribution in [1.29, 1.82) is 0 Å². The highest BCUT2D eigenvalue weighted by Gasteiger charge is 2.19. The molecule has 1 aromatic carbocycles. The average Bonchev–Trinajstić information content (AvgIpc) is 3.06. The number of carbonyl (C=O) groups is 1. The van der Waals surface area contributed by atoms with Crippen molar-refractivity contribution < 1.29 is 4.79 Å². The molecule has 2 heterocycles. The van der Waals surface area contributed by atoms with Crippen LogP contribution in [0.25, 0.3) is 5.65 Å². The fourth-order valence-corrected chi connectivity index (χ4v) is 3.29. The van der Waals surface area contributed by atoms with Crippen LogP contribution in [-0.2, 0) is 6.42 Å². The molecule has 3 rings (SSSR count). The number of hydrogen-bond acceptors (Lipinski definition) is 4. The number of aromatic nitrogens is 3. The van der Waals surface area contributed by atoms with Gasteiger partial charge < -0.3 is 10.2 Å². The SMILES string of the molecule is CCc1ccc(C(CNC(=O)c2cnn3c(C)cc(C)nc23)N(C)C)cc1. The number of amides is 1. The van der Waals surface area contributed by atoms with Crippen LogP contribution in [-0.4, -0.2) is 46.0 Å². The fraction of sp³-hybridized carbons (Fsp3) is 0.381. The highest BCUT2D eigenvalue weighted by atomic mass is 16.1. The van der Waals surface area contributed by atoms with Crippen molar-refractivity contribution in [2.45, 2.75) is 33.2 Å². The van der Waals surface area contributed by atoms with E-state index in [1.807, 2.05) is 34.0 Å². The van der Waals surface area contributed by atoms with Gasteiger partial charge in [0.1, 0.15) is 5.56 Å². The van der Waals surface area contributed by atoms with Crippen molar-refractivity contribution in [2.75, 3.05) is 20.6 Å². The van der Waals surface area contributed by atoms with Gasteiger partial charge in [0.15, 0.2) is 5.65 Å². The summed E-state index contributed by atoms with van der Waals surface area (Å²) in [5.74, 6) is -0.153. The highest BCUT2D eigenvalue weighted by molar-refractivity contribution is 5.99. The molecule has 0 aliphatic rings. The van der Waals surface area contributed by atoms with Crippen LogP contribution in [0.5, 0.6) is 0 Å². The first-order valence-corrected chi connectivity index (χ1v) is 9.26. The third-order valence-electron chi connectivity index (χ3n) is 4.87. The largest absolute Gasteiger partial charge is 0.350 e. The number of nitrogens with one attached hydrogen (secondary N) is 1. The molecular weight excluding hydrogens is 338 g/mol. The highest BCUT2D eigenvalue weighted by Crippen LogP contribution is 2.19. The van der Waals surface area contributed by atoms with Crippen LogP contribution in [0.4, 0.5) is 0 Å². The molecule has 0 aliphatic heterocycles. The molecule has 1 amide bonds. The third-order valence-corrected chi connectivity index (χ3v) is 4.87. The Hall–Kier alpha value is -2.73. The standard InChI is InChI=1S/C21H27N5O/c1-6-16-7-9-17(10-8-16)19(25(4)5)13-22-21(27)18-12-23-26-15(3)11-14(2)24-20(18)26/h7-12,19H,6,13H2,1-5H3,(H,22,27). The lowest BCUT2D eigenvalue weighted by molar-refractivity contribution is 0.0943. The minimum atomic E-state index is -0.153. The predicted octanol–water partition coefficient (Wildman–Crippen LogP) is 2.94. The molecule has 0 bridgehead atoms. The van der Waals surface area contributed by atoms with Gasteiger partial charge in [-0.1, -0.05) is 31.2 Å². The molecule has 3 aromatic rings. The van der Waals surface area contributed by atoms with Gasteiger partial charge in [-0.05, 0) is 51.6 Å². The van der Waals surface area contributed by atoms with Crippen LogP contribution in [0.15, 0.2) is 36.5 Å². The summed E-state index contributed by atoms with van der Waals surface area (Å²) in [4.78, 5) is 19.4. The first kappa shape index (κ1) is 19.0. The first-order chi connectivity index (χ1) is 12.9. The molecule has 6 nitrogen and oxygen atoms in total. The van der Waals surface area contributed by atoms with Gasteiger partial charge in [0.25, 0.3) is 5.91 Å². The second-order valence-corrected chi connectivity index (χ2v) is 7.12. The molecule has 2 aromatic heterocycles. The van der Waals surface area contributed by atoms with Crippen LogP contribution in [0, 0.1) is 13.8 Å². The predicted molar refractivity (Wildman–Crippen MR) is 107 cm³/mol. The Kier molecular flexibility index (Phi) is 5.56. The van der Waals surface area contributed by atoms with Gasteiger partial charge in [0, 0.05) is 17.9 Å². The molecule has 0 fully saturated rings. The molecule has 0 aliphatic carbocycles. The summed E-state index contributed by atoms with van der Waals surface area (Å²) in [6.07, 6.45) is 2.61. The zero-order chi connectivity index (χ0) is 19.6. The van der Waals surface area contributed by atoms with E-state index in [2.05, 4.69) is 51.5 Å². The minimum absolute atomic E-state index is 0.0955. The monoisotopic (exact) mass is 365 g/mol. The molecule has 0 radical (unpaired) electrons. The van der Waals surface area contributed by atoms with E-state index in [0.717, 1.165) is 17.8 Å². The number of rotatable bonds is 6. The van der Waals surface area contributed by atoms with Gasteiger partial charge in [-0.2, -0.15) is 5.10 Å². The Balaban J connectivity index is 1.78. The second kappa shape index (κ2) is 7.88. The lowest BCUT2D eigenvalue weighted by Gasteiger charge is -2.25. The summed E-state index contributed by atoms with van der Waals surface area (Å²) in [5, 5.41) is 7.35. The first-order valence-electron chi connectivity index (χ1n) is 9.26. The van der Waals surface area contributed by atoms with E-state index < -0.39 is 0 Å². The topological polar surface area (TPSA) is 62.5 Å². The maximum absolute atomic E-state index is 12.8. The van der Waals surface area contributed by atoms with Gasteiger partial charge in [-0.15, -0.1) is 0 Å². The van der Waals surface area contributed by atoms with Gasteiger partial charge in [0.05, 0.1) is 12.2 Å². The number of hydrogen-bond donors (Lipinski definition) is 1. The summed E-state index contributed by atoms with van der Waals surface area (Å²) in [6.45, 7) is 6.54. The molecule has 1 atom stereocenters. The smallest absolute Gasteiger partial charge is 0.256 e. The number of carbonyl (C=O) groups excluding carboxylic acids is 1. The van der Waals surface area contributed by atoms with E-state index in [4.69, 9.17) is 0 Å². The fourth-order valence-electron chi connectivity index (χ4n) is 3.29. The molecule has 1 unspecified atom stereocenters. The van der Waals surface area contributed by atoms with E-state index in [1.165, 1.54) is 11.1 Å². The van der Waals surface area contributed by atoms with Crippen LogP contribution in [0.1, 0.15) is 45.8 Å². The number of fused-ring (bicyclic) bond motifs is 1. The van der Waals surface area contributed by atoms with Crippen molar-refractivity contribution in [3.8, 4) is 0 Å². The van der Waals surface area contributed by atoms with Gasteiger partial charge in [0.2, 0.25) is 0 Å². The number of nitrogens with zero attached hydrogens (tertiary/aromatic N) is 4. The lowest BCUT2D eigenvalue weighted by Crippen LogP contribution is -2.34. The Morgan fingerprint density at radius 3 is 2.56 bits per heavy atom. The summed E-state index contributed by atoms with van der Waals surface area (Å²) in [6, 6.07) is 10.6. The molecule has 142 valence electrons. The summed E-state index contributed by atoms with van der Waals surface area (Å²) in [5.41, 5.74) is 5.42. The van der Waals surface area contributed by atoms with Crippen LogP contribution < -0.4 is 5.32 Å². The van der Waals surface area contributed by atoms with Crippen LogP contribution >= 0.6 is 0 Å². The maximum atomic E-state index is 12.8. The van der Waals surface area contributed by atoms with Crippen molar-refractivity contribution in [3.05, 3.63) is 64.6 Å². The number of likely N-dealkylation sites (N-methyl/N-ethyl adjacent to an activating group) is 1. The van der Waals surface area contributed by atoms with Gasteiger partial charge in [-0.3, -0.25) is 4.79 Å². The molecule has 0 spiro atoms. The molecule has 27 heavy (non-hydrogen) atoms. The summed E-state index contributed by atoms with van der Waals surface area (Å²) in [7, 11) is 4.04. The Labute approximate surface area is 160 Å². The Morgan fingerprint density at radius 1 is 1.22 bits per heavy atom. The number of benzene rings is 1. The van der Waals surface area contributed by atoms with Crippen LogP contribution in [0.2, 0.25) is 0 Å². The molecule has 0 saturated carbocycles. The molecule has 1 N–H and O–H groups in total. The van der Waals surface area contributed by atoms with E-state index >= 15 is 0 Å². The van der Waals surface area contributed by atoms with E-state index in [9.17, 15) is 4.79 Å². The van der Waals surface area contributed by atoms with Gasteiger partial charge in [-0.25, -0.2) is 9.50 Å². The zero-order valence-electron chi connectivity index (χ0n) is 16.7. The normalized spacial score (nSPS) is 12.5. The molecule has 0 saturated heterocycles. The van der Waals surface area contributed by atoms with E-state index in [0.29, 0.717) is 17.8 Å². The number of aryl methyl sites for hydroxylation is 3. The minimum Gasteiger partial charge on any atom is -0.350 e. The quantitative estimate of drug-likeness (QED) is 0.730. The van der Waals surface area contributed by atoms with E-state index in [1.54, 1.807) is 10.7 Å². The second-order valence-electron chi connectivity index (χ2n) is 7.12. The summed E-state index contributed by atoms with van der Waals surface area (Å²) >= 11 is 0. The third kappa shape index (κ3) is 4.01. The van der Waals surface area contributed by atoms with Crippen LogP contribution in [0.3, 0.4) is 0 Å². The summed E-state index contributed by atoms with van der Waals surface area (Å²) < 4.78 is 1.70. The van der Waals surface area contributed by atoms with E-state index in [-0.39, 0.29) is 11.9 Å². The average molecular weight is 365 g/mol.